The Morgan fingerprint density at radius 2 is 2.00 bits per heavy atom. The monoisotopic (exact) mass is 325 g/mol. The standard InChI is InChI=1S/C9H13Br2NS/c10-8-6-7(13-9(8)11)4-2-1-3-5-12/h6H,1-5,12H2. The molecule has 0 saturated carbocycles. The van der Waals surface area contributed by atoms with Crippen LogP contribution in [0.2, 0.25) is 0 Å². The molecule has 1 aromatic heterocycles. The van der Waals surface area contributed by atoms with Gasteiger partial charge < -0.3 is 5.73 Å². The molecule has 0 aliphatic heterocycles. The molecule has 0 aliphatic rings. The Morgan fingerprint density at radius 1 is 1.23 bits per heavy atom. The Bertz CT molecular complexity index is 241. The van der Waals surface area contributed by atoms with Gasteiger partial charge in [0, 0.05) is 9.35 Å². The van der Waals surface area contributed by atoms with E-state index >= 15 is 0 Å². The van der Waals surface area contributed by atoms with Crippen LogP contribution in [0.25, 0.3) is 0 Å². The van der Waals surface area contributed by atoms with Crippen molar-refractivity contribution in [1.29, 1.82) is 0 Å². The van der Waals surface area contributed by atoms with Crippen molar-refractivity contribution in [2.75, 3.05) is 6.54 Å². The molecule has 0 aromatic carbocycles. The van der Waals surface area contributed by atoms with Crippen LogP contribution in [0.15, 0.2) is 14.3 Å². The molecule has 74 valence electrons. The number of hydrogen-bond acceptors (Lipinski definition) is 2. The van der Waals surface area contributed by atoms with E-state index in [4.69, 9.17) is 5.73 Å². The highest BCUT2D eigenvalue weighted by Gasteiger charge is 2.03. The molecule has 1 nitrogen and oxygen atoms in total. The minimum Gasteiger partial charge on any atom is -0.330 e. The average Bonchev–Trinajstić information content (AvgIpc) is 2.41. The van der Waals surface area contributed by atoms with Gasteiger partial charge in [-0.15, -0.1) is 11.3 Å². The third kappa shape index (κ3) is 4.11. The topological polar surface area (TPSA) is 26.0 Å². The van der Waals surface area contributed by atoms with Crippen LogP contribution in [0.5, 0.6) is 0 Å². The van der Waals surface area contributed by atoms with E-state index in [1.165, 1.54) is 32.4 Å². The first-order chi connectivity index (χ1) is 6.24. The molecule has 4 heteroatoms. The summed E-state index contributed by atoms with van der Waals surface area (Å²) in [4.78, 5) is 1.44. The summed E-state index contributed by atoms with van der Waals surface area (Å²) in [7, 11) is 0. The van der Waals surface area contributed by atoms with E-state index in [1.807, 2.05) is 11.3 Å². The second-order valence-corrected chi connectivity index (χ2v) is 6.24. The third-order valence-electron chi connectivity index (χ3n) is 1.82. The number of halogens is 2. The Morgan fingerprint density at radius 3 is 2.54 bits per heavy atom. The fourth-order valence-electron chi connectivity index (χ4n) is 1.13. The molecular formula is C9H13Br2NS. The van der Waals surface area contributed by atoms with Crippen molar-refractivity contribution in [3.05, 3.63) is 19.2 Å². The molecule has 13 heavy (non-hydrogen) atoms. The van der Waals surface area contributed by atoms with Crippen molar-refractivity contribution in [1.82, 2.24) is 0 Å². The molecule has 0 atom stereocenters. The molecule has 0 fully saturated rings. The van der Waals surface area contributed by atoms with E-state index < -0.39 is 0 Å². The molecule has 0 saturated heterocycles. The summed E-state index contributed by atoms with van der Waals surface area (Å²) in [6, 6.07) is 2.19. The second-order valence-electron chi connectivity index (χ2n) is 2.93. The SMILES string of the molecule is NCCCCCc1cc(Br)c(Br)s1. The van der Waals surface area contributed by atoms with E-state index in [-0.39, 0.29) is 0 Å². The Kier molecular flexibility index (Phi) is 5.55. The summed E-state index contributed by atoms with van der Waals surface area (Å²) in [6.07, 6.45) is 4.81. The number of rotatable bonds is 5. The molecule has 0 radical (unpaired) electrons. The number of hydrogen-bond donors (Lipinski definition) is 1. The molecule has 1 aromatic rings. The highest BCUT2D eigenvalue weighted by molar-refractivity contribution is 9.13. The van der Waals surface area contributed by atoms with E-state index in [0.717, 1.165) is 13.0 Å². The van der Waals surface area contributed by atoms with Crippen molar-refractivity contribution in [3.63, 3.8) is 0 Å². The summed E-state index contributed by atoms with van der Waals surface area (Å²) in [5.41, 5.74) is 5.42. The maximum atomic E-state index is 5.42. The lowest BCUT2D eigenvalue weighted by molar-refractivity contribution is 0.690. The van der Waals surface area contributed by atoms with Crippen LogP contribution >= 0.6 is 43.2 Å². The predicted molar refractivity (Wildman–Crippen MR) is 66.3 cm³/mol. The van der Waals surface area contributed by atoms with Crippen LogP contribution in [0.4, 0.5) is 0 Å². The van der Waals surface area contributed by atoms with Gasteiger partial charge in [-0.2, -0.15) is 0 Å². The smallest absolute Gasteiger partial charge is 0.0843 e. The Hall–Kier alpha value is 0.620. The quantitative estimate of drug-likeness (QED) is 0.815. The van der Waals surface area contributed by atoms with E-state index in [0.29, 0.717) is 0 Å². The van der Waals surface area contributed by atoms with Gasteiger partial charge in [-0.1, -0.05) is 6.42 Å². The van der Waals surface area contributed by atoms with E-state index in [1.54, 1.807) is 0 Å². The number of thiophene rings is 1. The van der Waals surface area contributed by atoms with Gasteiger partial charge in [0.1, 0.15) is 0 Å². The summed E-state index contributed by atoms with van der Waals surface area (Å²) < 4.78 is 2.37. The minimum atomic E-state index is 0.817. The largest absolute Gasteiger partial charge is 0.330 e. The second kappa shape index (κ2) is 6.17. The third-order valence-corrected chi connectivity index (χ3v) is 5.14. The van der Waals surface area contributed by atoms with Gasteiger partial charge in [0.25, 0.3) is 0 Å². The lowest BCUT2D eigenvalue weighted by Gasteiger charge is -1.96. The van der Waals surface area contributed by atoms with Gasteiger partial charge in [0.05, 0.1) is 3.79 Å². The molecule has 0 bridgehead atoms. The minimum absolute atomic E-state index is 0.817. The number of aryl methyl sites for hydroxylation is 1. The fraction of sp³-hybridized carbons (Fsp3) is 0.556. The summed E-state index contributed by atoms with van der Waals surface area (Å²) in [5, 5.41) is 0. The predicted octanol–water partition coefficient (Wildman–Crippen LogP) is 3.94. The maximum Gasteiger partial charge on any atom is 0.0843 e. The van der Waals surface area contributed by atoms with Crippen LogP contribution in [0.3, 0.4) is 0 Å². The van der Waals surface area contributed by atoms with Gasteiger partial charge in [-0.05, 0) is 63.7 Å². The Labute approximate surface area is 100.0 Å². The lowest BCUT2D eigenvalue weighted by Crippen LogP contribution is -1.97. The molecular weight excluding hydrogens is 314 g/mol. The van der Waals surface area contributed by atoms with Gasteiger partial charge in [0.15, 0.2) is 0 Å². The van der Waals surface area contributed by atoms with Gasteiger partial charge >= 0.3 is 0 Å². The zero-order valence-electron chi connectivity index (χ0n) is 7.35. The summed E-state index contributed by atoms with van der Waals surface area (Å²) in [5.74, 6) is 0. The van der Waals surface area contributed by atoms with Crippen LogP contribution in [-0.4, -0.2) is 6.54 Å². The molecule has 0 aliphatic carbocycles. The van der Waals surface area contributed by atoms with Crippen molar-refractivity contribution in [3.8, 4) is 0 Å². The highest BCUT2D eigenvalue weighted by atomic mass is 79.9. The number of unbranched alkanes of at least 4 members (excludes halogenated alkanes) is 2. The molecule has 2 N–H and O–H groups in total. The van der Waals surface area contributed by atoms with E-state index in [9.17, 15) is 0 Å². The lowest BCUT2D eigenvalue weighted by atomic mass is 10.2. The van der Waals surface area contributed by atoms with Gasteiger partial charge in [-0.3, -0.25) is 0 Å². The molecule has 1 rings (SSSR count). The zero-order valence-corrected chi connectivity index (χ0v) is 11.3. The van der Waals surface area contributed by atoms with Gasteiger partial charge in [-0.25, -0.2) is 0 Å². The van der Waals surface area contributed by atoms with Gasteiger partial charge in [0.2, 0.25) is 0 Å². The summed E-state index contributed by atoms with van der Waals surface area (Å²) >= 11 is 8.78. The van der Waals surface area contributed by atoms with Crippen molar-refractivity contribution >= 4 is 43.2 Å². The molecule has 0 spiro atoms. The normalized spacial score (nSPS) is 10.7. The average molecular weight is 327 g/mol. The Balaban J connectivity index is 2.29. The maximum absolute atomic E-state index is 5.42. The van der Waals surface area contributed by atoms with Crippen LogP contribution in [0.1, 0.15) is 24.1 Å². The molecule has 1 heterocycles. The van der Waals surface area contributed by atoms with Crippen molar-refractivity contribution in [2.45, 2.75) is 25.7 Å². The molecule has 0 unspecified atom stereocenters. The van der Waals surface area contributed by atoms with Crippen molar-refractivity contribution in [2.24, 2.45) is 5.73 Å². The van der Waals surface area contributed by atoms with Crippen LogP contribution < -0.4 is 5.73 Å². The molecule has 0 amide bonds. The van der Waals surface area contributed by atoms with Crippen molar-refractivity contribution < 1.29 is 0 Å². The first-order valence-corrected chi connectivity index (χ1v) is 6.78. The first kappa shape index (κ1) is 11.7. The highest BCUT2D eigenvalue weighted by Crippen LogP contribution is 2.33. The van der Waals surface area contributed by atoms with Crippen LogP contribution in [-0.2, 0) is 6.42 Å². The van der Waals surface area contributed by atoms with Crippen LogP contribution in [0, 0.1) is 0 Å². The zero-order chi connectivity index (χ0) is 9.68. The summed E-state index contributed by atoms with van der Waals surface area (Å²) in [6.45, 7) is 0.817. The number of nitrogens with two attached hydrogens (primary N) is 1. The fourth-order valence-corrected chi connectivity index (χ4v) is 3.35. The first-order valence-electron chi connectivity index (χ1n) is 4.38. The van der Waals surface area contributed by atoms with E-state index in [2.05, 4.69) is 37.9 Å².